The van der Waals surface area contributed by atoms with E-state index in [0.29, 0.717) is 0 Å². The Hall–Kier alpha value is -0.780. The van der Waals surface area contributed by atoms with Crippen LogP contribution in [0.3, 0.4) is 0 Å². The molecule has 58 valence electrons. The molecule has 0 aromatic heterocycles. The fourth-order valence-corrected chi connectivity index (χ4v) is 1.02. The zero-order valence-electron chi connectivity index (χ0n) is 5.79. The van der Waals surface area contributed by atoms with Crippen molar-refractivity contribution < 1.29 is 0 Å². The van der Waals surface area contributed by atoms with Crippen molar-refractivity contribution in [3.8, 4) is 0 Å². The molecule has 1 rings (SSSR count). The lowest BCUT2D eigenvalue weighted by Gasteiger charge is -2.12. The number of rotatable bonds is 1. The number of halogens is 1. The average Bonchev–Trinajstić information content (AvgIpc) is 2.05. The van der Waals surface area contributed by atoms with Crippen LogP contribution in [0.1, 0.15) is 0 Å². The highest BCUT2D eigenvalue weighted by atomic mass is 127. The Morgan fingerprint density at radius 3 is 2.36 bits per heavy atom. The number of guanidine groups is 1. The van der Waals surface area contributed by atoms with Gasteiger partial charge in [-0.2, -0.15) is 0 Å². The number of para-hydroxylation sites is 1. The number of nitrogens with one attached hydrogen (secondary N) is 1. The third kappa shape index (κ3) is 2.07. The molecule has 0 saturated carbocycles. The Kier molecular flexibility index (Phi) is 2.70. The van der Waals surface area contributed by atoms with Crippen LogP contribution in [0.2, 0.25) is 0 Å². The van der Waals surface area contributed by atoms with Gasteiger partial charge in [-0.1, -0.05) is 18.2 Å². The Morgan fingerprint density at radius 1 is 1.36 bits per heavy atom. The van der Waals surface area contributed by atoms with Gasteiger partial charge in [0.25, 0.3) is 0 Å². The molecule has 0 aliphatic carbocycles. The van der Waals surface area contributed by atoms with Gasteiger partial charge in [-0.15, -0.1) is 0 Å². The quantitative estimate of drug-likeness (QED) is 0.350. The Balaban J connectivity index is 2.85. The van der Waals surface area contributed by atoms with Crippen LogP contribution in [0.4, 0.5) is 5.69 Å². The molecule has 0 amide bonds. The van der Waals surface area contributed by atoms with Crippen LogP contribution in [0, 0.1) is 5.41 Å². The van der Waals surface area contributed by atoms with Crippen LogP contribution in [-0.2, 0) is 0 Å². The predicted octanol–water partition coefficient (Wildman–Crippen LogP) is 1.74. The third-order valence-electron chi connectivity index (χ3n) is 1.19. The molecular weight excluding hydrogens is 253 g/mol. The second-order valence-corrected chi connectivity index (χ2v) is 2.97. The molecule has 0 fully saturated rings. The highest BCUT2D eigenvalue weighted by molar-refractivity contribution is 14.1. The largest absolute Gasteiger partial charge is 0.369 e. The van der Waals surface area contributed by atoms with E-state index < -0.39 is 0 Å². The van der Waals surface area contributed by atoms with Gasteiger partial charge in [0, 0.05) is 0 Å². The summed E-state index contributed by atoms with van der Waals surface area (Å²) < 4.78 is 1.58. The molecule has 0 saturated heterocycles. The van der Waals surface area contributed by atoms with E-state index in [9.17, 15) is 0 Å². The van der Waals surface area contributed by atoms with Gasteiger partial charge in [0.1, 0.15) is 0 Å². The molecular formula is C7H8IN3. The van der Waals surface area contributed by atoms with Crippen LogP contribution in [0.5, 0.6) is 0 Å². The van der Waals surface area contributed by atoms with E-state index in [2.05, 4.69) is 0 Å². The summed E-state index contributed by atoms with van der Waals surface area (Å²) >= 11 is 1.98. The summed E-state index contributed by atoms with van der Waals surface area (Å²) in [7, 11) is 0. The van der Waals surface area contributed by atoms with Gasteiger partial charge in [0.15, 0.2) is 0 Å². The second-order valence-electron chi connectivity index (χ2n) is 2.00. The Labute approximate surface area is 79.2 Å². The summed E-state index contributed by atoms with van der Waals surface area (Å²) in [5.41, 5.74) is 6.19. The summed E-state index contributed by atoms with van der Waals surface area (Å²) in [6.07, 6.45) is 0. The van der Waals surface area contributed by atoms with Gasteiger partial charge in [0.2, 0.25) is 5.96 Å². The molecule has 0 atom stereocenters. The van der Waals surface area contributed by atoms with Crippen molar-refractivity contribution in [2.24, 2.45) is 5.73 Å². The van der Waals surface area contributed by atoms with Crippen LogP contribution < -0.4 is 8.85 Å². The second kappa shape index (κ2) is 3.56. The van der Waals surface area contributed by atoms with E-state index in [-0.39, 0.29) is 5.96 Å². The summed E-state index contributed by atoms with van der Waals surface area (Å²) in [6.45, 7) is 0. The lowest BCUT2D eigenvalue weighted by molar-refractivity contribution is 1.37. The standard InChI is InChI=1S/C7H8IN3/c8-11(7(9)10)6-4-2-1-3-5-6/h1-5H,(H3,9,10). The fraction of sp³-hybridized carbons (Fsp3) is 0. The highest BCUT2D eigenvalue weighted by Crippen LogP contribution is 2.15. The first-order chi connectivity index (χ1) is 5.22. The molecule has 11 heavy (non-hydrogen) atoms. The smallest absolute Gasteiger partial charge is 0.202 e. The first-order valence-corrected chi connectivity index (χ1v) is 4.03. The molecule has 0 unspecified atom stereocenters. The number of hydrogen-bond acceptors (Lipinski definition) is 1. The molecule has 0 spiro atoms. The molecule has 3 nitrogen and oxygen atoms in total. The topological polar surface area (TPSA) is 53.1 Å². The highest BCUT2D eigenvalue weighted by Gasteiger charge is 2.02. The zero-order chi connectivity index (χ0) is 8.27. The number of benzene rings is 1. The van der Waals surface area contributed by atoms with Gasteiger partial charge in [0.05, 0.1) is 28.6 Å². The number of anilines is 1. The first kappa shape index (κ1) is 8.32. The first-order valence-electron chi connectivity index (χ1n) is 3.07. The van der Waals surface area contributed by atoms with Crippen molar-refractivity contribution in [2.75, 3.05) is 3.11 Å². The van der Waals surface area contributed by atoms with E-state index >= 15 is 0 Å². The molecule has 1 aromatic carbocycles. The lowest BCUT2D eigenvalue weighted by atomic mass is 10.3. The van der Waals surface area contributed by atoms with Crippen molar-refractivity contribution in [1.82, 2.24) is 0 Å². The predicted molar refractivity (Wildman–Crippen MR) is 54.9 cm³/mol. The minimum absolute atomic E-state index is 0.0387. The van der Waals surface area contributed by atoms with Crippen molar-refractivity contribution in [1.29, 1.82) is 5.41 Å². The van der Waals surface area contributed by atoms with Gasteiger partial charge in [-0.3, -0.25) is 8.52 Å². The van der Waals surface area contributed by atoms with Gasteiger partial charge >= 0.3 is 0 Å². The molecule has 0 radical (unpaired) electrons. The van der Waals surface area contributed by atoms with Gasteiger partial charge < -0.3 is 5.73 Å². The van der Waals surface area contributed by atoms with Crippen molar-refractivity contribution >= 4 is 34.5 Å². The van der Waals surface area contributed by atoms with Crippen LogP contribution in [0.25, 0.3) is 0 Å². The van der Waals surface area contributed by atoms with Gasteiger partial charge in [-0.05, 0) is 12.1 Å². The number of hydrogen-bond donors (Lipinski definition) is 2. The monoisotopic (exact) mass is 261 g/mol. The molecule has 0 aliphatic heterocycles. The lowest BCUT2D eigenvalue weighted by Crippen LogP contribution is -2.27. The Bertz CT molecular complexity index is 247. The number of nitrogens with zero attached hydrogens (tertiary/aromatic N) is 1. The van der Waals surface area contributed by atoms with Crippen molar-refractivity contribution in [3.05, 3.63) is 30.3 Å². The summed E-state index contributed by atoms with van der Waals surface area (Å²) in [5.74, 6) is 0.0387. The van der Waals surface area contributed by atoms with Gasteiger partial charge in [-0.25, -0.2) is 0 Å². The normalized spacial score (nSPS) is 9.18. The zero-order valence-corrected chi connectivity index (χ0v) is 7.95. The van der Waals surface area contributed by atoms with Crippen molar-refractivity contribution in [3.63, 3.8) is 0 Å². The minimum Gasteiger partial charge on any atom is -0.369 e. The molecule has 3 N–H and O–H groups in total. The third-order valence-corrected chi connectivity index (χ3v) is 2.27. The minimum atomic E-state index is 0.0387. The molecule has 0 aliphatic rings. The SMILES string of the molecule is N=C(N)N(I)c1ccccc1. The summed E-state index contributed by atoms with van der Waals surface area (Å²) in [6, 6.07) is 9.53. The molecule has 1 aromatic rings. The van der Waals surface area contributed by atoms with Crippen LogP contribution in [0.15, 0.2) is 30.3 Å². The average molecular weight is 261 g/mol. The van der Waals surface area contributed by atoms with E-state index in [1.54, 1.807) is 3.11 Å². The van der Waals surface area contributed by atoms with Crippen molar-refractivity contribution in [2.45, 2.75) is 0 Å². The molecule has 4 heteroatoms. The maximum Gasteiger partial charge on any atom is 0.202 e. The van der Waals surface area contributed by atoms with Crippen LogP contribution in [-0.4, -0.2) is 5.96 Å². The molecule has 0 heterocycles. The van der Waals surface area contributed by atoms with E-state index in [0.717, 1.165) is 5.69 Å². The van der Waals surface area contributed by atoms with Crippen LogP contribution >= 0.6 is 22.9 Å². The summed E-state index contributed by atoms with van der Waals surface area (Å²) in [5, 5.41) is 7.13. The number of nitrogens with two attached hydrogens (primary N) is 1. The van der Waals surface area contributed by atoms with E-state index in [1.165, 1.54) is 0 Å². The molecule has 0 bridgehead atoms. The maximum absolute atomic E-state index is 7.13. The Morgan fingerprint density at radius 2 is 1.91 bits per heavy atom. The van der Waals surface area contributed by atoms with E-state index in [1.807, 2.05) is 53.2 Å². The summed E-state index contributed by atoms with van der Waals surface area (Å²) in [4.78, 5) is 0. The fourth-order valence-electron chi connectivity index (χ4n) is 0.698. The maximum atomic E-state index is 7.13. The van der Waals surface area contributed by atoms with E-state index in [4.69, 9.17) is 11.1 Å².